The van der Waals surface area contributed by atoms with Crippen LogP contribution in [0.5, 0.6) is 0 Å². The molecule has 1 saturated heterocycles. The van der Waals surface area contributed by atoms with Crippen molar-refractivity contribution in [1.29, 1.82) is 0 Å². The molecular weight excluding hydrogens is 234 g/mol. The lowest BCUT2D eigenvalue weighted by Gasteiger charge is -2.19. The predicted octanol–water partition coefficient (Wildman–Crippen LogP) is 1.54. The number of hydrogen-bond donors (Lipinski definition) is 2. The second-order valence-corrected chi connectivity index (χ2v) is 5.01. The van der Waals surface area contributed by atoms with E-state index in [1.54, 1.807) is 0 Å². The predicted molar refractivity (Wildman–Crippen MR) is 65.7 cm³/mol. The summed E-state index contributed by atoms with van der Waals surface area (Å²) < 4.78 is 5.83. The molecule has 0 bridgehead atoms. The van der Waals surface area contributed by atoms with E-state index in [0.29, 0.717) is 12.4 Å². The average Bonchev–Trinajstić information content (AvgIpc) is 2.67. The first-order valence-corrected chi connectivity index (χ1v) is 5.93. The Morgan fingerprint density at radius 1 is 1.56 bits per heavy atom. The fourth-order valence-corrected chi connectivity index (χ4v) is 1.97. The van der Waals surface area contributed by atoms with E-state index in [2.05, 4.69) is 29.1 Å². The van der Waals surface area contributed by atoms with E-state index in [1.165, 1.54) is 12.4 Å². The third-order valence-corrected chi connectivity index (χ3v) is 2.94. The van der Waals surface area contributed by atoms with Gasteiger partial charge in [-0.3, -0.25) is 0 Å². The molecule has 1 fully saturated rings. The van der Waals surface area contributed by atoms with Gasteiger partial charge in [-0.2, -0.15) is 0 Å². The normalized spacial score (nSPS) is 21.8. The molecule has 1 aliphatic heterocycles. The van der Waals surface area contributed by atoms with Crippen molar-refractivity contribution in [3.8, 4) is 0 Å². The molecule has 1 atom stereocenters. The van der Waals surface area contributed by atoms with Gasteiger partial charge in [0.25, 0.3) is 0 Å². The highest BCUT2D eigenvalue weighted by molar-refractivity contribution is 5.84. The van der Waals surface area contributed by atoms with Crippen molar-refractivity contribution in [3.05, 3.63) is 18.1 Å². The topological polar surface area (TPSA) is 84.3 Å². The summed E-state index contributed by atoms with van der Waals surface area (Å²) in [5.41, 5.74) is -0.107. The standard InChI is InChI=1S/C12H17N3O3/c1-12(2)4-3-8(18-12)5-14-10-7-13-9(6-15-10)11(16)17/h6-8H,3-5H2,1-2H3,(H,14,15)(H,16,17). The first kappa shape index (κ1) is 12.8. The maximum atomic E-state index is 10.6. The van der Waals surface area contributed by atoms with Gasteiger partial charge in [0.15, 0.2) is 5.69 Å². The Morgan fingerprint density at radius 3 is 2.83 bits per heavy atom. The molecule has 2 rings (SSSR count). The number of carbonyl (C=O) groups is 1. The molecule has 2 heterocycles. The molecular formula is C12H17N3O3. The molecule has 1 unspecified atom stereocenters. The van der Waals surface area contributed by atoms with Crippen LogP contribution in [0.25, 0.3) is 0 Å². The number of aromatic carboxylic acids is 1. The Labute approximate surface area is 105 Å². The maximum Gasteiger partial charge on any atom is 0.356 e. The highest BCUT2D eigenvalue weighted by Crippen LogP contribution is 2.29. The van der Waals surface area contributed by atoms with Gasteiger partial charge in [0, 0.05) is 6.54 Å². The molecule has 98 valence electrons. The van der Waals surface area contributed by atoms with E-state index >= 15 is 0 Å². The molecule has 0 spiro atoms. The number of anilines is 1. The van der Waals surface area contributed by atoms with Crippen LogP contribution in [0.3, 0.4) is 0 Å². The zero-order valence-electron chi connectivity index (χ0n) is 10.5. The molecule has 0 radical (unpaired) electrons. The number of aromatic nitrogens is 2. The molecule has 0 aliphatic carbocycles. The number of hydrogen-bond acceptors (Lipinski definition) is 5. The lowest BCUT2D eigenvalue weighted by Crippen LogP contribution is -2.25. The summed E-state index contributed by atoms with van der Waals surface area (Å²) in [6.45, 7) is 4.81. The number of carboxylic acids is 1. The average molecular weight is 251 g/mol. The van der Waals surface area contributed by atoms with Gasteiger partial charge in [0.1, 0.15) is 5.82 Å². The molecule has 18 heavy (non-hydrogen) atoms. The minimum atomic E-state index is -1.07. The van der Waals surface area contributed by atoms with Crippen LogP contribution in [0.1, 0.15) is 37.2 Å². The summed E-state index contributed by atoms with van der Waals surface area (Å²) in [6.07, 6.45) is 4.89. The van der Waals surface area contributed by atoms with Crippen molar-refractivity contribution in [3.63, 3.8) is 0 Å². The van der Waals surface area contributed by atoms with Gasteiger partial charge < -0.3 is 15.2 Å². The second-order valence-electron chi connectivity index (χ2n) is 5.01. The molecule has 6 nitrogen and oxygen atoms in total. The zero-order chi connectivity index (χ0) is 13.2. The van der Waals surface area contributed by atoms with Crippen LogP contribution in [0.4, 0.5) is 5.82 Å². The van der Waals surface area contributed by atoms with E-state index in [1.807, 2.05) is 0 Å². The van der Waals surface area contributed by atoms with Crippen molar-refractivity contribution in [2.75, 3.05) is 11.9 Å². The number of rotatable bonds is 4. The summed E-state index contributed by atoms with van der Waals surface area (Å²) in [4.78, 5) is 18.4. The van der Waals surface area contributed by atoms with Crippen LogP contribution in [0.15, 0.2) is 12.4 Å². The molecule has 6 heteroatoms. The summed E-state index contributed by atoms with van der Waals surface area (Å²) >= 11 is 0. The molecule has 1 aromatic heterocycles. The quantitative estimate of drug-likeness (QED) is 0.844. The summed E-state index contributed by atoms with van der Waals surface area (Å²) in [7, 11) is 0. The van der Waals surface area contributed by atoms with E-state index in [4.69, 9.17) is 9.84 Å². The fraction of sp³-hybridized carbons (Fsp3) is 0.583. The van der Waals surface area contributed by atoms with Crippen molar-refractivity contribution >= 4 is 11.8 Å². The Hall–Kier alpha value is -1.69. The summed E-state index contributed by atoms with van der Waals surface area (Å²) in [5, 5.41) is 11.8. The summed E-state index contributed by atoms with van der Waals surface area (Å²) in [5.74, 6) is -0.511. The van der Waals surface area contributed by atoms with Gasteiger partial charge in [0.2, 0.25) is 0 Å². The van der Waals surface area contributed by atoms with Crippen LogP contribution < -0.4 is 5.32 Å². The highest BCUT2D eigenvalue weighted by Gasteiger charge is 2.31. The second kappa shape index (κ2) is 4.89. The van der Waals surface area contributed by atoms with E-state index in [0.717, 1.165) is 12.8 Å². The van der Waals surface area contributed by atoms with Crippen LogP contribution in [0, 0.1) is 0 Å². The van der Waals surface area contributed by atoms with Crippen LogP contribution >= 0.6 is 0 Å². The molecule has 1 aliphatic rings. The molecule has 0 amide bonds. The van der Waals surface area contributed by atoms with E-state index in [9.17, 15) is 4.79 Å². The third kappa shape index (κ3) is 3.16. The lowest BCUT2D eigenvalue weighted by molar-refractivity contribution is -0.00914. The first-order chi connectivity index (χ1) is 8.46. The monoisotopic (exact) mass is 251 g/mol. The SMILES string of the molecule is CC1(C)CCC(CNc2cnc(C(=O)O)cn2)O1. The van der Waals surface area contributed by atoms with Crippen molar-refractivity contribution < 1.29 is 14.6 Å². The fourth-order valence-electron chi connectivity index (χ4n) is 1.97. The van der Waals surface area contributed by atoms with Gasteiger partial charge >= 0.3 is 5.97 Å². The Morgan fingerprint density at radius 2 is 2.33 bits per heavy atom. The molecule has 0 aromatic carbocycles. The number of carboxylic acid groups (broad SMARTS) is 1. The van der Waals surface area contributed by atoms with Crippen LogP contribution in [-0.4, -0.2) is 39.3 Å². The minimum absolute atomic E-state index is 0.0504. The van der Waals surface area contributed by atoms with Gasteiger partial charge in [-0.25, -0.2) is 14.8 Å². The van der Waals surface area contributed by atoms with Gasteiger partial charge in [-0.15, -0.1) is 0 Å². The number of nitrogens with one attached hydrogen (secondary N) is 1. The van der Waals surface area contributed by atoms with Gasteiger partial charge in [-0.05, 0) is 26.7 Å². The zero-order valence-corrected chi connectivity index (χ0v) is 10.5. The molecule has 2 N–H and O–H groups in total. The van der Waals surface area contributed by atoms with Crippen molar-refractivity contribution in [2.24, 2.45) is 0 Å². The Kier molecular flexibility index (Phi) is 3.47. The third-order valence-electron chi connectivity index (χ3n) is 2.94. The number of ether oxygens (including phenoxy) is 1. The smallest absolute Gasteiger partial charge is 0.356 e. The lowest BCUT2D eigenvalue weighted by atomic mass is 10.1. The van der Waals surface area contributed by atoms with Crippen LogP contribution in [0.2, 0.25) is 0 Å². The minimum Gasteiger partial charge on any atom is -0.476 e. The molecule has 0 saturated carbocycles. The maximum absolute atomic E-state index is 10.6. The Bertz CT molecular complexity index is 431. The summed E-state index contributed by atoms with van der Waals surface area (Å²) in [6, 6.07) is 0. The van der Waals surface area contributed by atoms with E-state index in [-0.39, 0.29) is 17.4 Å². The van der Waals surface area contributed by atoms with Gasteiger partial charge in [0.05, 0.1) is 24.1 Å². The number of nitrogens with zero attached hydrogens (tertiary/aromatic N) is 2. The molecule has 1 aromatic rings. The van der Waals surface area contributed by atoms with Crippen LogP contribution in [-0.2, 0) is 4.74 Å². The van der Waals surface area contributed by atoms with Crippen molar-refractivity contribution in [1.82, 2.24) is 9.97 Å². The largest absolute Gasteiger partial charge is 0.476 e. The Balaban J connectivity index is 1.85. The first-order valence-electron chi connectivity index (χ1n) is 5.93. The van der Waals surface area contributed by atoms with E-state index < -0.39 is 5.97 Å². The van der Waals surface area contributed by atoms with Gasteiger partial charge in [-0.1, -0.05) is 0 Å². The highest BCUT2D eigenvalue weighted by atomic mass is 16.5. The van der Waals surface area contributed by atoms with Crippen molar-refractivity contribution in [2.45, 2.75) is 38.4 Å².